The molecule has 2 heterocycles. The summed E-state index contributed by atoms with van der Waals surface area (Å²) in [4.78, 5) is 31.3. The molecule has 1 aromatic rings. The van der Waals surface area contributed by atoms with Crippen LogP contribution in [0, 0.1) is 5.41 Å². The van der Waals surface area contributed by atoms with Crippen LogP contribution in [0.3, 0.4) is 0 Å². The van der Waals surface area contributed by atoms with E-state index in [2.05, 4.69) is 34.1 Å². The zero-order valence-corrected chi connectivity index (χ0v) is 16.6. The van der Waals surface area contributed by atoms with Crippen molar-refractivity contribution in [2.75, 3.05) is 44.2 Å². The largest absolute Gasteiger partial charge is 0.390 e. The van der Waals surface area contributed by atoms with E-state index in [1.54, 1.807) is 0 Å². The zero-order chi connectivity index (χ0) is 19.6. The monoisotopic (exact) mass is 385 g/mol. The van der Waals surface area contributed by atoms with Crippen LogP contribution >= 0.6 is 0 Å². The number of para-hydroxylation sites is 1. The maximum absolute atomic E-state index is 12.9. The van der Waals surface area contributed by atoms with Crippen molar-refractivity contribution in [3.05, 3.63) is 30.3 Å². The summed E-state index contributed by atoms with van der Waals surface area (Å²) >= 11 is 0. The molecule has 1 aromatic carbocycles. The van der Waals surface area contributed by atoms with E-state index in [0.717, 1.165) is 58.3 Å². The summed E-state index contributed by atoms with van der Waals surface area (Å²) in [7, 11) is 0. The molecule has 1 N–H and O–H groups in total. The molecule has 28 heavy (non-hydrogen) atoms. The van der Waals surface area contributed by atoms with Gasteiger partial charge in [-0.05, 0) is 25.0 Å². The van der Waals surface area contributed by atoms with Crippen molar-refractivity contribution in [2.24, 2.45) is 5.41 Å². The molecule has 2 amide bonds. The minimum Gasteiger partial charge on any atom is -0.390 e. The number of likely N-dealkylation sites (tertiary alicyclic amines) is 1. The second kappa shape index (κ2) is 8.21. The number of aliphatic hydroxyl groups excluding tert-OH is 1. The maximum Gasteiger partial charge on any atom is 0.235 e. The van der Waals surface area contributed by atoms with E-state index in [0.29, 0.717) is 13.0 Å². The Bertz CT molecular complexity index is 694. The van der Waals surface area contributed by atoms with E-state index >= 15 is 0 Å². The van der Waals surface area contributed by atoms with Crippen LogP contribution in [0.15, 0.2) is 30.3 Å². The highest BCUT2D eigenvalue weighted by molar-refractivity contribution is 6.06. The first kappa shape index (κ1) is 19.4. The molecular weight excluding hydrogens is 354 g/mol. The van der Waals surface area contributed by atoms with Gasteiger partial charge >= 0.3 is 0 Å². The van der Waals surface area contributed by atoms with Crippen LogP contribution in [0.4, 0.5) is 5.69 Å². The summed E-state index contributed by atoms with van der Waals surface area (Å²) in [6.45, 7) is 4.23. The van der Waals surface area contributed by atoms with Crippen LogP contribution in [-0.4, -0.2) is 72.1 Å². The summed E-state index contributed by atoms with van der Waals surface area (Å²) in [5.41, 5.74) is 0.768. The third-order valence-electron chi connectivity index (χ3n) is 6.66. The summed E-state index contributed by atoms with van der Waals surface area (Å²) in [5.74, 6) is -0.134. The molecule has 0 unspecified atom stereocenters. The number of nitrogens with zero attached hydrogens (tertiary/aromatic N) is 3. The number of benzene rings is 1. The SMILES string of the molecule is O=C1CC2(CCCCC2)C(=O)N1C[C@@H](O)CN1CCN(c2ccccc2)CC1. The molecule has 0 bridgehead atoms. The molecule has 3 aliphatic rings. The Balaban J connectivity index is 1.27. The molecule has 6 nitrogen and oxygen atoms in total. The minimum atomic E-state index is -0.685. The van der Waals surface area contributed by atoms with Crippen LogP contribution in [0.25, 0.3) is 0 Å². The number of amides is 2. The Morgan fingerprint density at radius 3 is 2.29 bits per heavy atom. The van der Waals surface area contributed by atoms with Crippen LogP contribution in [0.5, 0.6) is 0 Å². The molecule has 4 rings (SSSR count). The van der Waals surface area contributed by atoms with Crippen molar-refractivity contribution in [2.45, 2.75) is 44.6 Å². The molecule has 1 saturated carbocycles. The van der Waals surface area contributed by atoms with Crippen LogP contribution in [0.2, 0.25) is 0 Å². The van der Waals surface area contributed by atoms with E-state index in [1.807, 2.05) is 6.07 Å². The number of rotatable bonds is 5. The first-order valence-electron chi connectivity index (χ1n) is 10.6. The highest BCUT2D eigenvalue weighted by atomic mass is 16.3. The smallest absolute Gasteiger partial charge is 0.235 e. The van der Waals surface area contributed by atoms with Crippen molar-refractivity contribution in [3.8, 4) is 0 Å². The van der Waals surface area contributed by atoms with Gasteiger partial charge in [0.25, 0.3) is 0 Å². The van der Waals surface area contributed by atoms with Crippen molar-refractivity contribution < 1.29 is 14.7 Å². The fourth-order valence-electron chi connectivity index (χ4n) is 5.06. The standard InChI is InChI=1S/C22H31N3O3/c26-19(16-23-11-13-24(14-12-23)18-7-3-1-4-8-18)17-25-20(27)15-22(21(25)28)9-5-2-6-10-22/h1,3-4,7-8,19,26H,2,5-6,9-17H2/t19-/m0/s1. The minimum absolute atomic E-state index is 0.0369. The fraction of sp³-hybridized carbons (Fsp3) is 0.636. The number of aliphatic hydroxyl groups is 1. The molecule has 0 aromatic heterocycles. The van der Waals surface area contributed by atoms with Gasteiger partial charge < -0.3 is 10.0 Å². The zero-order valence-electron chi connectivity index (χ0n) is 16.6. The topological polar surface area (TPSA) is 64.1 Å². The molecule has 152 valence electrons. The second-order valence-corrected chi connectivity index (χ2v) is 8.60. The predicted molar refractivity (Wildman–Crippen MR) is 108 cm³/mol. The molecule has 2 saturated heterocycles. The van der Waals surface area contributed by atoms with Gasteiger partial charge in [0.2, 0.25) is 11.8 Å². The lowest BCUT2D eigenvalue weighted by Gasteiger charge is -2.37. The molecule has 0 radical (unpaired) electrons. The molecule has 1 spiro atoms. The highest BCUT2D eigenvalue weighted by Gasteiger charge is 2.51. The molecule has 2 aliphatic heterocycles. The number of hydrogen-bond acceptors (Lipinski definition) is 5. The summed E-state index contributed by atoms with van der Waals surface area (Å²) in [6.07, 6.45) is 4.52. The van der Waals surface area contributed by atoms with Crippen LogP contribution in [-0.2, 0) is 9.59 Å². The molecule has 1 aliphatic carbocycles. The molecule has 1 atom stereocenters. The van der Waals surface area contributed by atoms with Gasteiger partial charge in [0.05, 0.1) is 18.1 Å². The van der Waals surface area contributed by atoms with Crippen LogP contribution < -0.4 is 4.90 Å². The van der Waals surface area contributed by atoms with Gasteiger partial charge in [-0.15, -0.1) is 0 Å². The quantitative estimate of drug-likeness (QED) is 0.784. The first-order valence-corrected chi connectivity index (χ1v) is 10.6. The van der Waals surface area contributed by atoms with Gasteiger partial charge in [0.1, 0.15) is 0 Å². The molecule has 6 heteroatoms. The van der Waals surface area contributed by atoms with E-state index in [4.69, 9.17) is 0 Å². The lowest BCUT2D eigenvalue weighted by Crippen LogP contribution is -2.50. The van der Waals surface area contributed by atoms with Gasteiger partial charge in [0.15, 0.2) is 0 Å². The number of anilines is 1. The number of β-amino-alcohol motifs (C(OH)–C–C–N with tert-alkyl or cyclic N) is 1. The Morgan fingerprint density at radius 2 is 1.61 bits per heavy atom. The normalized spacial score (nSPS) is 24.2. The Labute approximate surface area is 167 Å². The number of piperazine rings is 1. The van der Waals surface area contributed by atoms with Crippen LogP contribution in [0.1, 0.15) is 38.5 Å². The average molecular weight is 386 g/mol. The lowest BCUT2D eigenvalue weighted by atomic mass is 9.73. The van der Waals surface area contributed by atoms with E-state index in [-0.39, 0.29) is 18.4 Å². The van der Waals surface area contributed by atoms with Gasteiger partial charge in [0, 0.05) is 44.8 Å². The maximum atomic E-state index is 12.9. The fourth-order valence-corrected chi connectivity index (χ4v) is 5.06. The lowest BCUT2D eigenvalue weighted by molar-refractivity contribution is -0.144. The number of hydrogen-bond donors (Lipinski definition) is 1. The second-order valence-electron chi connectivity index (χ2n) is 8.60. The van der Waals surface area contributed by atoms with Crippen molar-refractivity contribution in [1.82, 2.24) is 9.80 Å². The summed E-state index contributed by atoms with van der Waals surface area (Å²) in [6, 6.07) is 10.4. The third-order valence-corrected chi connectivity index (χ3v) is 6.66. The van der Waals surface area contributed by atoms with Gasteiger partial charge in [-0.1, -0.05) is 37.5 Å². The summed E-state index contributed by atoms with van der Waals surface area (Å²) in [5, 5.41) is 10.6. The molecular formula is C22H31N3O3. The first-order chi connectivity index (χ1) is 13.6. The third kappa shape index (κ3) is 3.94. The Kier molecular flexibility index (Phi) is 5.69. The number of carbonyl (C=O) groups is 2. The summed E-state index contributed by atoms with van der Waals surface area (Å²) < 4.78 is 0. The van der Waals surface area contributed by atoms with Gasteiger partial charge in [-0.25, -0.2) is 0 Å². The Hall–Kier alpha value is -1.92. The number of imide groups is 1. The average Bonchev–Trinajstić information content (AvgIpc) is 2.93. The van der Waals surface area contributed by atoms with E-state index < -0.39 is 11.5 Å². The number of carbonyl (C=O) groups excluding carboxylic acids is 2. The van der Waals surface area contributed by atoms with E-state index in [1.165, 1.54) is 10.6 Å². The van der Waals surface area contributed by atoms with Gasteiger partial charge in [-0.2, -0.15) is 0 Å². The van der Waals surface area contributed by atoms with Gasteiger partial charge in [-0.3, -0.25) is 19.4 Å². The molecule has 3 fully saturated rings. The Morgan fingerprint density at radius 1 is 0.929 bits per heavy atom. The van der Waals surface area contributed by atoms with Crippen molar-refractivity contribution in [1.29, 1.82) is 0 Å². The van der Waals surface area contributed by atoms with Crippen molar-refractivity contribution >= 4 is 17.5 Å². The van der Waals surface area contributed by atoms with E-state index in [9.17, 15) is 14.7 Å². The highest BCUT2D eigenvalue weighted by Crippen LogP contribution is 2.45. The predicted octanol–water partition coefficient (Wildman–Crippen LogP) is 1.88. The van der Waals surface area contributed by atoms with Crippen molar-refractivity contribution in [3.63, 3.8) is 0 Å².